The predicted molar refractivity (Wildman–Crippen MR) is 44.2 cm³/mol. The van der Waals surface area contributed by atoms with Crippen LogP contribution >= 0.6 is 0 Å². The summed E-state index contributed by atoms with van der Waals surface area (Å²) in [4.78, 5) is 22.3. The van der Waals surface area contributed by atoms with Gasteiger partial charge in [0.1, 0.15) is 0 Å². The second kappa shape index (κ2) is 3.74. The minimum absolute atomic E-state index is 0.0613. The summed E-state index contributed by atoms with van der Waals surface area (Å²) in [5.41, 5.74) is -1.37. The molecule has 1 atom stereocenters. The number of hydrogen-bond acceptors (Lipinski definition) is 3. The van der Waals surface area contributed by atoms with Crippen LogP contribution in [0.1, 0.15) is 12.8 Å². The van der Waals surface area contributed by atoms with Gasteiger partial charge >= 0.3 is 5.97 Å². The molecule has 1 fully saturated rings. The molecule has 13 heavy (non-hydrogen) atoms. The zero-order valence-electron chi connectivity index (χ0n) is 7.50. The Hall–Kier alpha value is -1.10. The van der Waals surface area contributed by atoms with Crippen molar-refractivity contribution in [1.82, 2.24) is 5.32 Å². The van der Waals surface area contributed by atoms with Gasteiger partial charge < -0.3 is 15.2 Å². The molecule has 1 aliphatic rings. The normalized spacial score (nSPS) is 28.2. The van der Waals surface area contributed by atoms with Crippen LogP contribution in [0.5, 0.6) is 0 Å². The number of nitrogens with one attached hydrogen (secondary N) is 1. The van der Waals surface area contributed by atoms with E-state index in [0.717, 1.165) is 0 Å². The minimum atomic E-state index is -1.37. The molecule has 74 valence electrons. The highest BCUT2D eigenvalue weighted by Crippen LogP contribution is 2.27. The number of piperidine rings is 1. The molecule has 0 aromatic heterocycles. The maximum absolute atomic E-state index is 11.4. The summed E-state index contributed by atoms with van der Waals surface area (Å²) in [5, 5.41) is 11.5. The van der Waals surface area contributed by atoms with Crippen LogP contribution in [0.4, 0.5) is 0 Å². The number of hydrogen-bond donors (Lipinski definition) is 2. The van der Waals surface area contributed by atoms with Crippen LogP contribution in [-0.4, -0.2) is 37.2 Å². The van der Waals surface area contributed by atoms with Gasteiger partial charge in [-0.1, -0.05) is 0 Å². The molecule has 0 radical (unpaired) electrons. The van der Waals surface area contributed by atoms with Crippen LogP contribution in [0.2, 0.25) is 0 Å². The Morgan fingerprint density at radius 2 is 2.46 bits per heavy atom. The summed E-state index contributed by atoms with van der Waals surface area (Å²) >= 11 is 0. The molecule has 1 saturated heterocycles. The molecule has 0 spiro atoms. The van der Waals surface area contributed by atoms with Gasteiger partial charge in [-0.05, 0) is 12.8 Å². The van der Waals surface area contributed by atoms with Crippen molar-refractivity contribution in [3.63, 3.8) is 0 Å². The monoisotopic (exact) mass is 187 g/mol. The fourth-order valence-electron chi connectivity index (χ4n) is 1.52. The minimum Gasteiger partial charge on any atom is -0.480 e. The Bertz CT molecular complexity index is 224. The lowest BCUT2D eigenvalue weighted by molar-refractivity contribution is -0.162. The molecule has 1 amide bonds. The van der Waals surface area contributed by atoms with Gasteiger partial charge in [-0.2, -0.15) is 0 Å². The van der Waals surface area contributed by atoms with Crippen LogP contribution in [0.15, 0.2) is 0 Å². The molecular weight excluding hydrogens is 174 g/mol. The summed E-state index contributed by atoms with van der Waals surface area (Å²) in [6.45, 7) is 0.492. The van der Waals surface area contributed by atoms with Gasteiger partial charge in [0.2, 0.25) is 5.91 Å². The van der Waals surface area contributed by atoms with Gasteiger partial charge in [-0.15, -0.1) is 0 Å². The zero-order chi connectivity index (χ0) is 9.90. The first kappa shape index (κ1) is 9.98. The second-order valence-electron chi connectivity index (χ2n) is 3.18. The van der Waals surface area contributed by atoms with Gasteiger partial charge in [0, 0.05) is 13.7 Å². The number of aliphatic carboxylic acids is 1. The van der Waals surface area contributed by atoms with E-state index in [-0.39, 0.29) is 6.61 Å². The highest BCUT2D eigenvalue weighted by Gasteiger charge is 2.47. The van der Waals surface area contributed by atoms with E-state index < -0.39 is 17.3 Å². The molecule has 0 aliphatic carbocycles. The summed E-state index contributed by atoms with van der Waals surface area (Å²) in [6, 6.07) is 0. The van der Waals surface area contributed by atoms with E-state index >= 15 is 0 Å². The van der Waals surface area contributed by atoms with Gasteiger partial charge in [0.05, 0.1) is 6.61 Å². The third-order valence-electron chi connectivity index (χ3n) is 2.30. The highest BCUT2D eigenvalue weighted by atomic mass is 16.5. The first-order valence-electron chi connectivity index (χ1n) is 4.14. The van der Waals surface area contributed by atoms with E-state index in [4.69, 9.17) is 9.84 Å². The van der Waals surface area contributed by atoms with E-state index in [1.54, 1.807) is 0 Å². The first-order chi connectivity index (χ1) is 6.13. The Morgan fingerprint density at radius 3 is 2.92 bits per heavy atom. The molecule has 1 aliphatic heterocycles. The Labute approximate surface area is 76.1 Å². The van der Waals surface area contributed by atoms with Crippen LogP contribution in [0.25, 0.3) is 0 Å². The van der Waals surface area contributed by atoms with Crippen molar-refractivity contribution in [3.8, 4) is 0 Å². The highest BCUT2D eigenvalue weighted by molar-refractivity contribution is 6.02. The lowest BCUT2D eigenvalue weighted by atomic mass is 9.80. The quantitative estimate of drug-likeness (QED) is 0.590. The van der Waals surface area contributed by atoms with Crippen LogP contribution in [0.3, 0.4) is 0 Å². The maximum atomic E-state index is 11.4. The number of carbonyl (C=O) groups excluding carboxylic acids is 1. The van der Waals surface area contributed by atoms with Crippen molar-refractivity contribution in [2.24, 2.45) is 5.41 Å². The summed E-state index contributed by atoms with van der Waals surface area (Å²) in [6.07, 6.45) is 1.03. The van der Waals surface area contributed by atoms with E-state index in [9.17, 15) is 9.59 Å². The topological polar surface area (TPSA) is 75.6 Å². The molecule has 0 saturated carbocycles. The van der Waals surface area contributed by atoms with Crippen LogP contribution in [-0.2, 0) is 14.3 Å². The SMILES string of the molecule is COCC1(C(=O)O)CCCNC1=O. The van der Waals surface area contributed by atoms with E-state index in [2.05, 4.69) is 5.32 Å². The standard InChI is InChI=1S/C8H13NO4/c1-13-5-8(7(11)12)3-2-4-9-6(8)10/h2-5H2,1H3,(H,9,10)(H,11,12). The third kappa shape index (κ3) is 1.65. The zero-order valence-corrected chi connectivity index (χ0v) is 7.50. The number of ether oxygens (including phenoxy) is 1. The number of carbonyl (C=O) groups is 2. The van der Waals surface area contributed by atoms with E-state index in [1.807, 2.05) is 0 Å². The molecule has 2 N–H and O–H groups in total. The molecule has 0 aromatic rings. The number of amides is 1. The lowest BCUT2D eigenvalue weighted by Crippen LogP contribution is -2.53. The van der Waals surface area contributed by atoms with Crippen molar-refractivity contribution in [1.29, 1.82) is 0 Å². The Balaban J connectivity index is 2.86. The number of methoxy groups -OCH3 is 1. The van der Waals surface area contributed by atoms with Crippen LogP contribution < -0.4 is 5.32 Å². The lowest BCUT2D eigenvalue weighted by Gasteiger charge is -2.31. The first-order valence-corrected chi connectivity index (χ1v) is 4.14. The summed E-state index contributed by atoms with van der Waals surface area (Å²) < 4.78 is 4.77. The van der Waals surface area contributed by atoms with Gasteiger partial charge in [0.25, 0.3) is 0 Å². The van der Waals surface area contributed by atoms with E-state index in [1.165, 1.54) is 7.11 Å². The number of rotatable bonds is 3. The third-order valence-corrected chi connectivity index (χ3v) is 2.30. The Morgan fingerprint density at radius 1 is 1.77 bits per heavy atom. The molecule has 5 heteroatoms. The fraction of sp³-hybridized carbons (Fsp3) is 0.750. The summed E-state index contributed by atoms with van der Waals surface area (Å²) in [5.74, 6) is -1.54. The molecule has 0 bridgehead atoms. The largest absolute Gasteiger partial charge is 0.480 e. The molecule has 1 heterocycles. The van der Waals surface area contributed by atoms with Gasteiger partial charge in [-0.25, -0.2) is 0 Å². The Kier molecular flexibility index (Phi) is 2.87. The van der Waals surface area contributed by atoms with Gasteiger partial charge in [0.15, 0.2) is 5.41 Å². The van der Waals surface area contributed by atoms with Crippen LogP contribution in [0, 0.1) is 5.41 Å². The van der Waals surface area contributed by atoms with Gasteiger partial charge in [-0.3, -0.25) is 9.59 Å². The second-order valence-corrected chi connectivity index (χ2v) is 3.18. The molecular formula is C8H13NO4. The average molecular weight is 187 g/mol. The van der Waals surface area contributed by atoms with Crippen molar-refractivity contribution in [3.05, 3.63) is 0 Å². The average Bonchev–Trinajstić information content (AvgIpc) is 2.09. The molecule has 1 unspecified atom stereocenters. The summed E-state index contributed by atoms with van der Waals surface area (Å²) in [7, 11) is 1.40. The number of carboxylic acids is 1. The van der Waals surface area contributed by atoms with Crippen molar-refractivity contribution in [2.75, 3.05) is 20.3 Å². The number of carboxylic acid groups (broad SMARTS) is 1. The van der Waals surface area contributed by atoms with E-state index in [0.29, 0.717) is 19.4 Å². The molecule has 0 aromatic carbocycles. The molecule has 1 rings (SSSR count). The fourth-order valence-corrected chi connectivity index (χ4v) is 1.52. The smallest absolute Gasteiger partial charge is 0.321 e. The van der Waals surface area contributed by atoms with Crippen molar-refractivity contribution >= 4 is 11.9 Å². The van der Waals surface area contributed by atoms with Crippen molar-refractivity contribution < 1.29 is 19.4 Å². The maximum Gasteiger partial charge on any atom is 0.321 e. The van der Waals surface area contributed by atoms with Crippen molar-refractivity contribution in [2.45, 2.75) is 12.8 Å². The predicted octanol–water partition coefficient (Wildman–Crippen LogP) is -0.386. The molecule has 5 nitrogen and oxygen atoms in total.